The first-order valence-corrected chi connectivity index (χ1v) is 27.6. The van der Waals surface area contributed by atoms with Crippen molar-refractivity contribution in [3.63, 3.8) is 0 Å². The number of anilines is 6. The molecule has 0 saturated heterocycles. The molecule has 358 valence electrons. The molecule has 4 heteroatoms. The molecular weight excluding hydrogens is 876 g/mol. The quantitative estimate of drug-likeness (QED) is 0.163. The zero-order valence-corrected chi connectivity index (χ0v) is 45.7. The van der Waals surface area contributed by atoms with Gasteiger partial charge in [0.1, 0.15) is 0 Å². The molecule has 0 radical (unpaired) electrons. The second-order valence-electron chi connectivity index (χ2n) is 26.7. The largest absolute Gasteiger partial charge is 0.311 e. The minimum atomic E-state index is 0.0109. The summed E-state index contributed by atoms with van der Waals surface area (Å²) < 4.78 is 2.69. The Morgan fingerprint density at radius 3 is 1.48 bits per heavy atom. The van der Waals surface area contributed by atoms with E-state index in [9.17, 15) is 0 Å². The fourth-order valence-electron chi connectivity index (χ4n) is 15.0. The molecular formula is C67H71BN2S. The Morgan fingerprint density at radius 2 is 0.887 bits per heavy atom. The van der Waals surface area contributed by atoms with Gasteiger partial charge < -0.3 is 9.80 Å². The Bertz CT molecular complexity index is 3620. The normalized spacial score (nSPS) is 20.0. The Morgan fingerprint density at radius 1 is 0.408 bits per heavy atom. The monoisotopic (exact) mass is 947 g/mol. The van der Waals surface area contributed by atoms with E-state index in [2.05, 4.69) is 222 Å². The van der Waals surface area contributed by atoms with Crippen LogP contribution >= 0.6 is 11.3 Å². The van der Waals surface area contributed by atoms with Crippen molar-refractivity contribution in [1.82, 2.24) is 0 Å². The number of hydrogen-bond donors (Lipinski definition) is 0. The molecule has 5 aliphatic rings. The molecule has 0 unspecified atom stereocenters. The number of aryl methyl sites for hydroxylation is 2. The molecule has 8 aromatic rings. The average molecular weight is 947 g/mol. The van der Waals surface area contributed by atoms with Crippen LogP contribution in [0.2, 0.25) is 0 Å². The summed E-state index contributed by atoms with van der Waals surface area (Å²) in [7, 11) is 0. The lowest BCUT2D eigenvalue weighted by atomic mass is 9.33. The van der Waals surface area contributed by atoms with Crippen molar-refractivity contribution in [2.75, 3.05) is 9.80 Å². The molecule has 1 aromatic heterocycles. The molecule has 0 atom stereocenters. The lowest BCUT2D eigenvalue weighted by molar-refractivity contribution is 0.332. The van der Waals surface area contributed by atoms with Crippen LogP contribution in [0.15, 0.2) is 115 Å². The van der Waals surface area contributed by atoms with E-state index in [1.165, 1.54) is 152 Å². The van der Waals surface area contributed by atoms with E-state index in [1.54, 1.807) is 0 Å². The summed E-state index contributed by atoms with van der Waals surface area (Å²) in [5.41, 5.74) is 26.7. The molecule has 3 aliphatic carbocycles. The van der Waals surface area contributed by atoms with Crippen LogP contribution in [0.3, 0.4) is 0 Å². The Balaban J connectivity index is 1.22. The van der Waals surface area contributed by atoms with Crippen molar-refractivity contribution in [2.24, 2.45) is 0 Å². The summed E-state index contributed by atoms with van der Waals surface area (Å²) in [4.78, 5) is 5.54. The van der Waals surface area contributed by atoms with E-state index in [4.69, 9.17) is 0 Å². The zero-order chi connectivity index (χ0) is 49.7. The van der Waals surface area contributed by atoms with Crippen molar-refractivity contribution >= 4 is 88.7 Å². The average Bonchev–Trinajstić information content (AvgIpc) is 3.79. The number of hydrogen-bond acceptors (Lipinski definition) is 3. The number of benzene rings is 7. The van der Waals surface area contributed by atoms with Crippen LogP contribution in [-0.4, -0.2) is 6.71 Å². The number of nitrogens with zero attached hydrogens (tertiary/aromatic N) is 2. The van der Waals surface area contributed by atoms with Crippen molar-refractivity contribution in [3.05, 3.63) is 160 Å². The molecule has 0 spiro atoms. The predicted molar refractivity (Wildman–Crippen MR) is 310 cm³/mol. The molecule has 0 amide bonds. The third-order valence-electron chi connectivity index (χ3n) is 19.0. The van der Waals surface area contributed by atoms with Gasteiger partial charge in [0.05, 0.1) is 5.69 Å². The van der Waals surface area contributed by atoms with Crippen LogP contribution in [-0.2, 0) is 32.5 Å². The highest BCUT2D eigenvalue weighted by Crippen LogP contribution is 2.57. The summed E-state index contributed by atoms with van der Waals surface area (Å²) >= 11 is 1.94. The van der Waals surface area contributed by atoms with E-state index in [0.717, 1.165) is 6.42 Å². The molecule has 13 rings (SSSR count). The van der Waals surface area contributed by atoms with Gasteiger partial charge >= 0.3 is 0 Å². The summed E-state index contributed by atoms with van der Waals surface area (Å²) in [6, 6.07) is 46.4. The number of fused-ring (bicyclic) bond motifs is 11. The van der Waals surface area contributed by atoms with Gasteiger partial charge in [-0.1, -0.05) is 156 Å². The van der Waals surface area contributed by atoms with Crippen molar-refractivity contribution in [3.8, 4) is 11.1 Å². The highest BCUT2D eigenvalue weighted by atomic mass is 32.1. The molecule has 2 nitrogen and oxygen atoms in total. The van der Waals surface area contributed by atoms with Crippen LogP contribution in [0.4, 0.5) is 34.1 Å². The van der Waals surface area contributed by atoms with Crippen molar-refractivity contribution in [1.29, 1.82) is 0 Å². The van der Waals surface area contributed by atoms with Crippen LogP contribution < -0.4 is 26.2 Å². The fourth-order valence-corrected chi connectivity index (χ4v) is 16.1. The van der Waals surface area contributed by atoms with Crippen LogP contribution in [0.1, 0.15) is 160 Å². The van der Waals surface area contributed by atoms with Crippen molar-refractivity contribution < 1.29 is 0 Å². The first-order valence-electron chi connectivity index (χ1n) is 26.8. The highest BCUT2D eigenvalue weighted by molar-refractivity contribution is 7.26. The Kier molecular flexibility index (Phi) is 9.29. The third kappa shape index (κ3) is 6.38. The molecule has 7 aromatic carbocycles. The maximum absolute atomic E-state index is 2.78. The lowest BCUT2D eigenvalue weighted by Crippen LogP contribution is -2.61. The second-order valence-corrected chi connectivity index (χ2v) is 27.8. The van der Waals surface area contributed by atoms with Crippen LogP contribution in [0.5, 0.6) is 0 Å². The summed E-state index contributed by atoms with van der Waals surface area (Å²) in [6.45, 7) is 34.6. The summed E-state index contributed by atoms with van der Waals surface area (Å²) in [5.74, 6) is 0. The summed E-state index contributed by atoms with van der Waals surface area (Å²) in [6.07, 6.45) is 5.86. The zero-order valence-electron chi connectivity index (χ0n) is 44.9. The first-order chi connectivity index (χ1) is 33.5. The van der Waals surface area contributed by atoms with E-state index in [-0.39, 0.29) is 39.2 Å². The van der Waals surface area contributed by atoms with E-state index < -0.39 is 0 Å². The van der Waals surface area contributed by atoms with Gasteiger partial charge in [-0.25, -0.2) is 0 Å². The molecule has 71 heavy (non-hydrogen) atoms. The smallest absolute Gasteiger partial charge is 0.252 e. The third-order valence-corrected chi connectivity index (χ3v) is 20.1. The van der Waals surface area contributed by atoms with Gasteiger partial charge in [-0.15, -0.1) is 11.3 Å². The topological polar surface area (TPSA) is 6.48 Å². The molecule has 0 N–H and O–H groups in total. The van der Waals surface area contributed by atoms with Gasteiger partial charge in [0.25, 0.3) is 6.71 Å². The van der Waals surface area contributed by atoms with Crippen molar-refractivity contribution in [2.45, 2.75) is 162 Å². The maximum Gasteiger partial charge on any atom is 0.252 e. The van der Waals surface area contributed by atoms with Gasteiger partial charge in [0, 0.05) is 48.6 Å². The fraction of sp³-hybridized carbons (Fsp3) is 0.373. The van der Waals surface area contributed by atoms with Crippen LogP contribution in [0.25, 0.3) is 31.3 Å². The maximum atomic E-state index is 2.78. The van der Waals surface area contributed by atoms with Gasteiger partial charge in [-0.3, -0.25) is 0 Å². The number of thiophene rings is 1. The van der Waals surface area contributed by atoms with Gasteiger partial charge in [-0.05, 0) is 193 Å². The predicted octanol–water partition coefficient (Wildman–Crippen LogP) is 17.1. The summed E-state index contributed by atoms with van der Waals surface area (Å²) in [5, 5.41) is 2.72. The van der Waals surface area contributed by atoms with E-state index in [1.807, 2.05) is 11.3 Å². The van der Waals surface area contributed by atoms with Gasteiger partial charge in [0.2, 0.25) is 0 Å². The highest BCUT2D eigenvalue weighted by Gasteiger charge is 2.50. The van der Waals surface area contributed by atoms with Crippen LogP contribution in [0, 0.1) is 13.8 Å². The molecule has 3 heterocycles. The minimum Gasteiger partial charge on any atom is -0.311 e. The Hall–Kier alpha value is -5.58. The Labute approximate surface area is 428 Å². The molecule has 0 saturated carbocycles. The van der Waals surface area contributed by atoms with E-state index in [0.29, 0.717) is 0 Å². The van der Waals surface area contributed by atoms with E-state index >= 15 is 0 Å². The molecule has 2 aliphatic heterocycles. The lowest BCUT2D eigenvalue weighted by Gasteiger charge is -2.47. The molecule has 0 fully saturated rings. The number of rotatable bonds is 3. The second kappa shape index (κ2) is 14.6. The van der Waals surface area contributed by atoms with Gasteiger partial charge in [0.15, 0.2) is 0 Å². The van der Waals surface area contributed by atoms with Gasteiger partial charge in [-0.2, -0.15) is 0 Å². The minimum absolute atomic E-state index is 0.0109. The SMILES string of the molecule is Cc1cc2c(cc1N1c3cc4c(cc3B3c5ccc6sc7ccccc7c6c5N(c5cc6c(cc5C)C(C)(C)CCC6(C)C)c5cc(-c6ccccc6)cc1c53)C(C)(C)CC4(C)C)C(C)(C)CCC2(C)C. The first kappa shape index (κ1) is 45.3. The molecule has 0 bridgehead atoms. The standard InChI is InChI=1S/C67H71BN2S/c1-39-30-44-47(64(7,8)28-26-62(44,3)4)35-52(39)69-54-37-49-46(66(11,12)38-67(49,13)14)34-51(54)68-50-24-25-58-59(43-22-18-19-23-57(43)71-58)61(50)70(56-33-42(32-55(69)60(56)68)41-20-16-15-17-21-41)53-36-48-45(31-40(53)2)63(5,6)27-29-65(48,9)10/h15-25,30-37H,26-29,38H2,1-14H3.